The van der Waals surface area contributed by atoms with E-state index in [-0.39, 0.29) is 11.9 Å². The summed E-state index contributed by atoms with van der Waals surface area (Å²) in [4.78, 5) is 9.44. The SMILES string of the molecule is CC(C)=O.CC1CCC(C(C)C)C(O)C1. The van der Waals surface area contributed by atoms with Crippen LogP contribution in [-0.4, -0.2) is 17.0 Å². The molecule has 15 heavy (non-hydrogen) atoms. The third-order valence-corrected chi connectivity index (χ3v) is 2.99. The fourth-order valence-corrected chi connectivity index (χ4v) is 2.15. The van der Waals surface area contributed by atoms with Gasteiger partial charge in [-0.3, -0.25) is 0 Å². The summed E-state index contributed by atoms with van der Waals surface area (Å²) in [5.41, 5.74) is 0. The van der Waals surface area contributed by atoms with Crippen LogP contribution in [0, 0.1) is 17.8 Å². The smallest absolute Gasteiger partial charge is 0.126 e. The summed E-state index contributed by atoms with van der Waals surface area (Å²) in [6.45, 7) is 9.72. The van der Waals surface area contributed by atoms with Gasteiger partial charge in [0.2, 0.25) is 0 Å². The van der Waals surface area contributed by atoms with Crippen molar-refractivity contribution < 1.29 is 9.90 Å². The van der Waals surface area contributed by atoms with Gasteiger partial charge in [-0.1, -0.05) is 27.2 Å². The molecule has 1 fully saturated rings. The average molecular weight is 214 g/mol. The summed E-state index contributed by atoms with van der Waals surface area (Å²) in [7, 11) is 0. The molecule has 0 aromatic carbocycles. The lowest BCUT2D eigenvalue weighted by atomic mass is 9.75. The van der Waals surface area contributed by atoms with E-state index in [2.05, 4.69) is 20.8 Å². The Balaban J connectivity index is 0.000000423. The Morgan fingerprint density at radius 3 is 2.07 bits per heavy atom. The molecule has 0 radical (unpaired) electrons. The van der Waals surface area contributed by atoms with Gasteiger partial charge < -0.3 is 9.90 Å². The molecule has 1 aliphatic rings. The fraction of sp³-hybridized carbons (Fsp3) is 0.923. The molecule has 1 aliphatic carbocycles. The first kappa shape index (κ1) is 14.6. The van der Waals surface area contributed by atoms with Crippen LogP contribution in [-0.2, 0) is 4.79 Å². The minimum Gasteiger partial charge on any atom is -0.393 e. The van der Waals surface area contributed by atoms with E-state index in [0.29, 0.717) is 11.8 Å². The monoisotopic (exact) mass is 214 g/mol. The van der Waals surface area contributed by atoms with Crippen LogP contribution in [0.5, 0.6) is 0 Å². The summed E-state index contributed by atoms with van der Waals surface area (Å²) in [5, 5.41) is 9.71. The van der Waals surface area contributed by atoms with Crippen LogP contribution in [0.3, 0.4) is 0 Å². The first-order chi connectivity index (χ1) is 6.84. The summed E-state index contributed by atoms with van der Waals surface area (Å²) in [6.07, 6.45) is 3.52. The average Bonchev–Trinajstić information content (AvgIpc) is 2.01. The minimum atomic E-state index is -0.0289. The van der Waals surface area contributed by atoms with Crippen LogP contribution >= 0.6 is 0 Å². The maximum absolute atomic E-state index is 9.71. The minimum absolute atomic E-state index is 0.0289. The van der Waals surface area contributed by atoms with Crippen LogP contribution in [0.25, 0.3) is 0 Å². The standard InChI is InChI=1S/C10H20O.C3H6O/c1-7(2)9-5-4-8(3)6-10(9)11;1-3(2)4/h7-11H,4-6H2,1-3H3;1-2H3. The summed E-state index contributed by atoms with van der Waals surface area (Å²) >= 11 is 0. The highest BCUT2D eigenvalue weighted by Crippen LogP contribution is 2.33. The van der Waals surface area contributed by atoms with Crippen molar-refractivity contribution in [1.82, 2.24) is 0 Å². The van der Waals surface area contributed by atoms with Gasteiger partial charge in [0.1, 0.15) is 5.78 Å². The molecule has 0 aromatic heterocycles. The molecule has 0 aromatic rings. The lowest BCUT2D eigenvalue weighted by Crippen LogP contribution is -2.31. The Kier molecular flexibility index (Phi) is 6.82. The Hall–Kier alpha value is -0.370. The maximum atomic E-state index is 9.71. The van der Waals surface area contributed by atoms with E-state index in [1.54, 1.807) is 0 Å². The number of carbonyl (C=O) groups is 1. The van der Waals surface area contributed by atoms with Gasteiger partial charge in [-0.2, -0.15) is 0 Å². The fourth-order valence-electron chi connectivity index (χ4n) is 2.15. The van der Waals surface area contributed by atoms with Gasteiger partial charge in [-0.05, 0) is 44.4 Å². The van der Waals surface area contributed by atoms with Crippen LogP contribution in [0.1, 0.15) is 53.9 Å². The normalized spacial score (nSPS) is 30.7. The van der Waals surface area contributed by atoms with Crippen molar-refractivity contribution >= 4 is 5.78 Å². The Bertz CT molecular complexity index is 183. The predicted octanol–water partition coefficient (Wildman–Crippen LogP) is 3.03. The zero-order valence-corrected chi connectivity index (χ0v) is 10.8. The van der Waals surface area contributed by atoms with Crippen LogP contribution in [0.2, 0.25) is 0 Å². The number of hydrogen-bond donors (Lipinski definition) is 1. The van der Waals surface area contributed by atoms with Gasteiger partial charge in [0, 0.05) is 0 Å². The molecule has 0 amide bonds. The number of carbonyl (C=O) groups excluding carboxylic acids is 1. The van der Waals surface area contributed by atoms with Gasteiger partial charge in [0.25, 0.3) is 0 Å². The van der Waals surface area contributed by atoms with E-state index in [1.807, 2.05) is 0 Å². The molecular weight excluding hydrogens is 188 g/mol. The lowest BCUT2D eigenvalue weighted by molar-refractivity contribution is -0.114. The number of Topliss-reactive ketones (excluding diaryl/α,β-unsaturated/α-hetero) is 1. The first-order valence-corrected chi connectivity index (χ1v) is 5.99. The summed E-state index contributed by atoms with van der Waals surface area (Å²) in [6, 6.07) is 0. The molecular formula is C13H26O2. The highest BCUT2D eigenvalue weighted by molar-refractivity contribution is 5.72. The Morgan fingerprint density at radius 2 is 1.73 bits per heavy atom. The Labute approximate surface area is 94.1 Å². The van der Waals surface area contributed by atoms with Crippen molar-refractivity contribution in [2.24, 2.45) is 17.8 Å². The van der Waals surface area contributed by atoms with E-state index < -0.39 is 0 Å². The second-order valence-electron chi connectivity index (χ2n) is 5.30. The van der Waals surface area contributed by atoms with Crippen molar-refractivity contribution in [1.29, 1.82) is 0 Å². The highest BCUT2D eigenvalue weighted by atomic mass is 16.3. The Morgan fingerprint density at radius 1 is 1.27 bits per heavy atom. The molecule has 0 heterocycles. The zero-order chi connectivity index (χ0) is 12.0. The van der Waals surface area contributed by atoms with Crippen LogP contribution in [0.15, 0.2) is 0 Å². The molecule has 3 atom stereocenters. The van der Waals surface area contributed by atoms with Gasteiger partial charge in [-0.25, -0.2) is 0 Å². The maximum Gasteiger partial charge on any atom is 0.126 e. The third kappa shape index (κ3) is 6.67. The molecule has 2 heteroatoms. The van der Waals surface area contributed by atoms with Crippen LogP contribution in [0.4, 0.5) is 0 Å². The zero-order valence-electron chi connectivity index (χ0n) is 10.8. The van der Waals surface area contributed by atoms with Gasteiger partial charge in [-0.15, -0.1) is 0 Å². The summed E-state index contributed by atoms with van der Waals surface area (Å²) < 4.78 is 0. The first-order valence-electron chi connectivity index (χ1n) is 5.99. The van der Waals surface area contributed by atoms with Gasteiger partial charge in [0.05, 0.1) is 6.10 Å². The van der Waals surface area contributed by atoms with E-state index >= 15 is 0 Å². The van der Waals surface area contributed by atoms with E-state index in [0.717, 1.165) is 12.3 Å². The van der Waals surface area contributed by atoms with Crippen LogP contribution < -0.4 is 0 Å². The number of rotatable bonds is 1. The second kappa shape index (κ2) is 7.00. The largest absolute Gasteiger partial charge is 0.393 e. The topological polar surface area (TPSA) is 37.3 Å². The molecule has 1 saturated carbocycles. The van der Waals surface area contributed by atoms with E-state index in [1.165, 1.54) is 26.7 Å². The molecule has 0 saturated heterocycles. The molecule has 1 rings (SSSR count). The molecule has 90 valence electrons. The van der Waals surface area contributed by atoms with E-state index in [4.69, 9.17) is 0 Å². The number of aliphatic hydroxyl groups excluding tert-OH is 1. The van der Waals surface area contributed by atoms with Crippen molar-refractivity contribution in [3.05, 3.63) is 0 Å². The van der Waals surface area contributed by atoms with Crippen molar-refractivity contribution in [3.8, 4) is 0 Å². The van der Waals surface area contributed by atoms with E-state index in [9.17, 15) is 9.90 Å². The number of hydrogen-bond acceptors (Lipinski definition) is 2. The molecule has 2 nitrogen and oxygen atoms in total. The van der Waals surface area contributed by atoms with Crippen molar-refractivity contribution in [2.75, 3.05) is 0 Å². The third-order valence-electron chi connectivity index (χ3n) is 2.99. The molecule has 0 spiro atoms. The predicted molar refractivity (Wildman–Crippen MR) is 63.7 cm³/mol. The molecule has 3 unspecified atom stereocenters. The quantitative estimate of drug-likeness (QED) is 0.728. The summed E-state index contributed by atoms with van der Waals surface area (Å²) in [5.74, 6) is 2.11. The lowest BCUT2D eigenvalue weighted by Gasteiger charge is -2.33. The van der Waals surface area contributed by atoms with Gasteiger partial charge >= 0.3 is 0 Å². The number of aliphatic hydroxyl groups is 1. The molecule has 0 aliphatic heterocycles. The number of ketones is 1. The van der Waals surface area contributed by atoms with Gasteiger partial charge in [0.15, 0.2) is 0 Å². The molecule has 0 bridgehead atoms. The van der Waals surface area contributed by atoms with Crippen molar-refractivity contribution in [3.63, 3.8) is 0 Å². The highest BCUT2D eigenvalue weighted by Gasteiger charge is 2.28. The second-order valence-corrected chi connectivity index (χ2v) is 5.30. The van der Waals surface area contributed by atoms with Crippen molar-refractivity contribution in [2.45, 2.75) is 60.0 Å². The molecule has 1 N–H and O–H groups in total.